The quantitative estimate of drug-likeness (QED) is 0.732. The highest BCUT2D eigenvalue weighted by Gasteiger charge is 2.19. The fourth-order valence-corrected chi connectivity index (χ4v) is 2.72. The van der Waals surface area contributed by atoms with Crippen LogP contribution in [0.2, 0.25) is 0 Å². The smallest absolute Gasteiger partial charge is 0.336 e. The second-order valence-electron chi connectivity index (χ2n) is 5.21. The van der Waals surface area contributed by atoms with Crippen molar-refractivity contribution in [3.8, 4) is 0 Å². The van der Waals surface area contributed by atoms with Crippen LogP contribution in [0.1, 0.15) is 22.5 Å². The summed E-state index contributed by atoms with van der Waals surface area (Å²) in [6.07, 6.45) is -0.0976. The van der Waals surface area contributed by atoms with E-state index in [1.807, 2.05) is 13.0 Å². The first-order valence-electron chi connectivity index (χ1n) is 6.56. The first kappa shape index (κ1) is 13.4. The molecule has 0 bridgehead atoms. The summed E-state index contributed by atoms with van der Waals surface area (Å²) in [5, 5.41) is 10.6. The second kappa shape index (κ2) is 4.48. The number of hydrogen-bond acceptors (Lipinski definition) is 4. The van der Waals surface area contributed by atoms with Crippen molar-refractivity contribution in [3.05, 3.63) is 45.0 Å². The van der Waals surface area contributed by atoms with Gasteiger partial charge in [-0.05, 0) is 32.4 Å². The zero-order valence-corrected chi connectivity index (χ0v) is 11.9. The number of furan rings is 1. The van der Waals surface area contributed by atoms with Crippen molar-refractivity contribution >= 4 is 27.9 Å². The minimum atomic E-state index is -0.908. The number of carboxylic acids is 1. The van der Waals surface area contributed by atoms with E-state index in [0.717, 1.165) is 16.3 Å². The third-order valence-electron chi connectivity index (χ3n) is 3.75. The molecule has 5 heteroatoms. The maximum atomic E-state index is 11.5. The molecule has 0 atom stereocenters. The van der Waals surface area contributed by atoms with Crippen LogP contribution in [0.25, 0.3) is 21.9 Å². The Bertz CT molecular complexity index is 943. The molecule has 0 aliphatic rings. The van der Waals surface area contributed by atoms with Crippen molar-refractivity contribution in [2.75, 3.05) is 0 Å². The molecule has 5 nitrogen and oxygen atoms in total. The molecule has 3 aromatic rings. The molecule has 1 N–H and O–H groups in total. The van der Waals surface area contributed by atoms with Gasteiger partial charge in [0.15, 0.2) is 0 Å². The molecule has 0 aliphatic heterocycles. The first-order chi connectivity index (χ1) is 9.88. The highest BCUT2D eigenvalue weighted by molar-refractivity contribution is 6.00. The lowest BCUT2D eigenvalue weighted by atomic mass is 10.0. The van der Waals surface area contributed by atoms with E-state index in [0.29, 0.717) is 28.1 Å². The Morgan fingerprint density at radius 1 is 1.10 bits per heavy atom. The lowest BCUT2D eigenvalue weighted by Gasteiger charge is -2.04. The fourth-order valence-electron chi connectivity index (χ4n) is 2.72. The Morgan fingerprint density at radius 2 is 1.76 bits per heavy atom. The van der Waals surface area contributed by atoms with Crippen LogP contribution < -0.4 is 5.63 Å². The van der Waals surface area contributed by atoms with Gasteiger partial charge in [0, 0.05) is 28.0 Å². The summed E-state index contributed by atoms with van der Waals surface area (Å²) in [5.74, 6) is -0.333. The number of fused-ring (bicyclic) bond motifs is 2. The average molecular weight is 286 g/mol. The Balaban J connectivity index is 2.48. The van der Waals surface area contributed by atoms with E-state index in [-0.39, 0.29) is 6.42 Å². The van der Waals surface area contributed by atoms with Gasteiger partial charge in [0.25, 0.3) is 0 Å². The number of aryl methyl sites for hydroxylation is 3. The van der Waals surface area contributed by atoms with Crippen LogP contribution in [-0.4, -0.2) is 11.1 Å². The van der Waals surface area contributed by atoms with E-state index < -0.39 is 11.6 Å². The molecule has 3 rings (SSSR count). The van der Waals surface area contributed by atoms with Crippen LogP contribution in [0.5, 0.6) is 0 Å². The van der Waals surface area contributed by atoms with Gasteiger partial charge in [0.1, 0.15) is 16.9 Å². The average Bonchev–Trinajstić information content (AvgIpc) is 2.68. The first-order valence-corrected chi connectivity index (χ1v) is 6.56. The minimum absolute atomic E-state index is 0.0976. The zero-order chi connectivity index (χ0) is 15.3. The molecule has 0 fully saturated rings. The van der Waals surface area contributed by atoms with Crippen LogP contribution in [-0.2, 0) is 11.2 Å². The minimum Gasteiger partial charge on any atom is -0.481 e. The Hall–Kier alpha value is -2.56. The van der Waals surface area contributed by atoms with E-state index in [9.17, 15) is 9.59 Å². The Kier molecular flexibility index (Phi) is 2.86. The molecular formula is C16H14O5. The molecule has 108 valence electrons. The standard InChI is InChI=1S/C16H14O5/c1-7-4-14(19)21-15-8(2)16-12(5-10(7)15)11(6-13(17)18)9(3)20-16/h4-5H,6H2,1-3H3,(H,17,18). The molecule has 1 aromatic carbocycles. The van der Waals surface area contributed by atoms with Crippen LogP contribution in [0.3, 0.4) is 0 Å². The van der Waals surface area contributed by atoms with Crippen LogP contribution >= 0.6 is 0 Å². The molecule has 2 heterocycles. The number of rotatable bonds is 2. The number of carbonyl (C=O) groups is 1. The predicted octanol–water partition coefficient (Wildman–Crippen LogP) is 3.09. The van der Waals surface area contributed by atoms with E-state index in [2.05, 4.69) is 0 Å². The summed E-state index contributed by atoms with van der Waals surface area (Å²) in [7, 11) is 0. The fraction of sp³-hybridized carbons (Fsp3) is 0.250. The van der Waals surface area contributed by atoms with Crippen molar-refractivity contribution in [2.45, 2.75) is 27.2 Å². The summed E-state index contributed by atoms with van der Waals surface area (Å²) in [4.78, 5) is 22.6. The van der Waals surface area contributed by atoms with Crippen LogP contribution in [0, 0.1) is 20.8 Å². The maximum absolute atomic E-state index is 11.5. The van der Waals surface area contributed by atoms with Crippen molar-refractivity contribution in [3.63, 3.8) is 0 Å². The number of aliphatic carboxylic acids is 1. The lowest BCUT2D eigenvalue weighted by Crippen LogP contribution is -2.01. The highest BCUT2D eigenvalue weighted by Crippen LogP contribution is 2.34. The summed E-state index contributed by atoms with van der Waals surface area (Å²) in [6.45, 7) is 5.38. The van der Waals surface area contributed by atoms with Gasteiger partial charge in [-0.1, -0.05) is 0 Å². The monoisotopic (exact) mass is 286 g/mol. The molecule has 2 aromatic heterocycles. The Morgan fingerprint density at radius 3 is 2.43 bits per heavy atom. The van der Waals surface area contributed by atoms with Gasteiger partial charge in [-0.15, -0.1) is 0 Å². The molecular weight excluding hydrogens is 272 g/mol. The molecule has 0 unspecified atom stereocenters. The summed E-state index contributed by atoms with van der Waals surface area (Å²) in [6, 6.07) is 3.27. The van der Waals surface area contributed by atoms with Gasteiger partial charge in [-0.2, -0.15) is 0 Å². The molecule has 0 saturated carbocycles. The van der Waals surface area contributed by atoms with E-state index in [1.54, 1.807) is 13.8 Å². The molecule has 0 amide bonds. The predicted molar refractivity (Wildman–Crippen MR) is 77.8 cm³/mol. The summed E-state index contributed by atoms with van der Waals surface area (Å²) in [5.41, 5.74) is 2.83. The largest absolute Gasteiger partial charge is 0.481 e. The third kappa shape index (κ3) is 2.01. The molecule has 0 aliphatic carbocycles. The highest BCUT2D eigenvalue weighted by atomic mass is 16.4. The second-order valence-corrected chi connectivity index (χ2v) is 5.21. The van der Waals surface area contributed by atoms with E-state index in [1.165, 1.54) is 6.07 Å². The van der Waals surface area contributed by atoms with E-state index in [4.69, 9.17) is 13.9 Å². The topological polar surface area (TPSA) is 80.7 Å². The van der Waals surface area contributed by atoms with Crippen molar-refractivity contribution < 1.29 is 18.7 Å². The lowest BCUT2D eigenvalue weighted by molar-refractivity contribution is -0.136. The van der Waals surface area contributed by atoms with Gasteiger partial charge in [-0.25, -0.2) is 4.79 Å². The van der Waals surface area contributed by atoms with Crippen molar-refractivity contribution in [2.24, 2.45) is 0 Å². The molecule has 0 saturated heterocycles. The van der Waals surface area contributed by atoms with Gasteiger partial charge in [0.2, 0.25) is 0 Å². The molecule has 21 heavy (non-hydrogen) atoms. The Labute approximate surface area is 119 Å². The summed E-state index contributed by atoms with van der Waals surface area (Å²) < 4.78 is 11.0. The SMILES string of the molecule is Cc1oc2c(C)c3oc(=O)cc(C)c3cc2c1CC(=O)O. The van der Waals surface area contributed by atoms with Crippen molar-refractivity contribution in [1.82, 2.24) is 0 Å². The molecule has 0 spiro atoms. The zero-order valence-electron chi connectivity index (χ0n) is 11.9. The number of benzene rings is 1. The van der Waals surface area contributed by atoms with Gasteiger partial charge >= 0.3 is 11.6 Å². The normalized spacial score (nSPS) is 11.4. The maximum Gasteiger partial charge on any atom is 0.336 e. The van der Waals surface area contributed by atoms with Crippen LogP contribution in [0.4, 0.5) is 0 Å². The summed E-state index contributed by atoms with van der Waals surface area (Å²) >= 11 is 0. The molecule has 0 radical (unpaired) electrons. The van der Waals surface area contributed by atoms with Gasteiger partial charge in [-0.3, -0.25) is 4.79 Å². The van der Waals surface area contributed by atoms with Crippen LogP contribution in [0.15, 0.2) is 25.8 Å². The van der Waals surface area contributed by atoms with Crippen molar-refractivity contribution in [1.29, 1.82) is 0 Å². The van der Waals surface area contributed by atoms with E-state index >= 15 is 0 Å². The van der Waals surface area contributed by atoms with Gasteiger partial charge in [0.05, 0.1) is 6.42 Å². The third-order valence-corrected chi connectivity index (χ3v) is 3.75. The van der Waals surface area contributed by atoms with Gasteiger partial charge < -0.3 is 13.9 Å². The number of carboxylic acid groups (broad SMARTS) is 1. The number of hydrogen-bond donors (Lipinski definition) is 1.